The topological polar surface area (TPSA) is 37.4 Å². The molecule has 0 spiro atoms. The van der Waals surface area contributed by atoms with E-state index in [4.69, 9.17) is 0 Å². The van der Waals surface area contributed by atoms with Crippen LogP contribution in [-0.4, -0.2) is 38.7 Å². The molecule has 3 nitrogen and oxygen atoms in total. The Morgan fingerprint density at radius 3 is 1.81 bits per heavy atom. The highest BCUT2D eigenvalue weighted by Gasteiger charge is 2.28. The molecule has 5 heteroatoms. The van der Waals surface area contributed by atoms with E-state index in [9.17, 15) is 8.42 Å². The zero-order chi connectivity index (χ0) is 17.5. The Hall–Kier alpha value is -1.36. The van der Waals surface area contributed by atoms with Crippen LogP contribution in [0.4, 0.5) is 0 Å². The Morgan fingerprint density at radius 1 is 0.808 bits per heavy atom. The average Bonchev–Trinajstić information content (AvgIpc) is 2.64. The monoisotopic (exact) mass is 393 g/mol. The van der Waals surface area contributed by atoms with E-state index in [0.29, 0.717) is 6.42 Å². The molecule has 0 unspecified atom stereocenters. The highest BCUT2D eigenvalue weighted by molar-refractivity contribution is 7.91. The summed E-state index contributed by atoms with van der Waals surface area (Å²) in [5.41, 5.74) is 1.71. The first-order valence-electron chi connectivity index (χ1n) is 9.21. The molecule has 0 aliphatic carbocycles. The van der Waals surface area contributed by atoms with Gasteiger partial charge in [-0.25, -0.2) is 8.42 Å². The van der Waals surface area contributed by atoms with E-state index in [-0.39, 0.29) is 18.2 Å². The normalized spacial score (nSPS) is 15.6. The summed E-state index contributed by atoms with van der Waals surface area (Å²) in [5.74, 6) is 0.234. The van der Waals surface area contributed by atoms with Crippen LogP contribution in [0.2, 0.25) is 0 Å². The SMILES string of the molecule is Cl.O=S(=O)(CCCN1CCCCC1)C(c1ccccc1)c1ccccc1. The molecule has 0 N–H and O–H groups in total. The molecule has 1 aliphatic heterocycles. The summed E-state index contributed by atoms with van der Waals surface area (Å²) in [5, 5.41) is -0.573. The Kier molecular flexibility index (Phi) is 8.14. The van der Waals surface area contributed by atoms with E-state index in [0.717, 1.165) is 30.8 Å². The van der Waals surface area contributed by atoms with Crippen LogP contribution in [0.5, 0.6) is 0 Å². The van der Waals surface area contributed by atoms with E-state index >= 15 is 0 Å². The van der Waals surface area contributed by atoms with E-state index in [1.54, 1.807) is 0 Å². The van der Waals surface area contributed by atoms with Crippen LogP contribution in [0, 0.1) is 0 Å². The lowest BCUT2D eigenvalue weighted by atomic mass is 10.0. The molecule has 0 atom stereocenters. The minimum Gasteiger partial charge on any atom is -0.303 e. The number of piperidine rings is 1. The molecule has 3 rings (SSSR count). The summed E-state index contributed by atoms with van der Waals surface area (Å²) < 4.78 is 26.3. The van der Waals surface area contributed by atoms with Crippen LogP contribution in [0.1, 0.15) is 42.1 Å². The lowest BCUT2D eigenvalue weighted by molar-refractivity contribution is 0.229. The van der Waals surface area contributed by atoms with Crippen molar-refractivity contribution >= 4 is 22.2 Å². The van der Waals surface area contributed by atoms with Gasteiger partial charge in [0.2, 0.25) is 0 Å². The van der Waals surface area contributed by atoms with Crippen molar-refractivity contribution in [3.8, 4) is 0 Å². The molecule has 0 bridgehead atoms. The van der Waals surface area contributed by atoms with Crippen LogP contribution >= 0.6 is 12.4 Å². The summed E-state index contributed by atoms with van der Waals surface area (Å²) >= 11 is 0. The number of hydrogen-bond acceptors (Lipinski definition) is 3. The predicted molar refractivity (Wildman–Crippen MR) is 111 cm³/mol. The van der Waals surface area contributed by atoms with Crippen LogP contribution in [0.25, 0.3) is 0 Å². The molecule has 1 aliphatic rings. The lowest BCUT2D eigenvalue weighted by Crippen LogP contribution is -2.32. The van der Waals surface area contributed by atoms with Crippen LogP contribution in [-0.2, 0) is 9.84 Å². The van der Waals surface area contributed by atoms with Crippen molar-refractivity contribution in [2.24, 2.45) is 0 Å². The highest BCUT2D eigenvalue weighted by Crippen LogP contribution is 2.31. The zero-order valence-corrected chi connectivity index (χ0v) is 16.7. The molecule has 1 saturated heterocycles. The van der Waals surface area contributed by atoms with Crippen molar-refractivity contribution in [2.45, 2.75) is 30.9 Å². The first kappa shape index (κ1) is 20.9. The largest absolute Gasteiger partial charge is 0.303 e. The van der Waals surface area contributed by atoms with Crippen molar-refractivity contribution < 1.29 is 8.42 Å². The van der Waals surface area contributed by atoms with Gasteiger partial charge in [-0.1, -0.05) is 67.1 Å². The van der Waals surface area contributed by atoms with E-state index in [2.05, 4.69) is 4.90 Å². The fourth-order valence-electron chi connectivity index (χ4n) is 3.65. The summed E-state index contributed by atoms with van der Waals surface area (Å²) in [6.45, 7) is 3.11. The fourth-order valence-corrected chi connectivity index (χ4v) is 5.56. The number of sulfone groups is 1. The molecule has 0 amide bonds. The summed E-state index contributed by atoms with van der Waals surface area (Å²) in [4.78, 5) is 2.40. The van der Waals surface area contributed by atoms with Gasteiger partial charge in [0, 0.05) is 0 Å². The number of benzene rings is 2. The maximum atomic E-state index is 13.2. The molecule has 0 saturated carbocycles. The minimum absolute atomic E-state index is 0. The van der Waals surface area contributed by atoms with E-state index in [1.165, 1.54) is 19.3 Å². The number of nitrogens with zero attached hydrogens (tertiary/aromatic N) is 1. The lowest BCUT2D eigenvalue weighted by Gasteiger charge is -2.26. The Bertz CT molecular complexity index is 705. The van der Waals surface area contributed by atoms with Gasteiger partial charge in [-0.15, -0.1) is 12.4 Å². The Labute approximate surface area is 163 Å². The number of rotatable bonds is 7. The van der Waals surface area contributed by atoms with Gasteiger partial charge < -0.3 is 4.90 Å². The standard InChI is InChI=1S/C21H27NO2S.ClH/c23-25(24,18-10-17-22-15-8-3-9-16-22)21(19-11-4-1-5-12-19)20-13-6-2-7-14-20;/h1-2,4-7,11-14,21H,3,8-10,15-18H2;1H. The van der Waals surface area contributed by atoms with Crippen LogP contribution < -0.4 is 0 Å². The molecule has 0 radical (unpaired) electrons. The Morgan fingerprint density at radius 2 is 1.31 bits per heavy atom. The van der Waals surface area contributed by atoms with Crippen LogP contribution in [0.3, 0.4) is 0 Å². The van der Waals surface area contributed by atoms with Crippen molar-refractivity contribution in [2.75, 3.05) is 25.4 Å². The second-order valence-corrected chi connectivity index (χ2v) is 9.03. The number of likely N-dealkylation sites (tertiary alicyclic amines) is 1. The van der Waals surface area contributed by atoms with Crippen molar-refractivity contribution in [1.82, 2.24) is 4.90 Å². The van der Waals surface area contributed by atoms with Gasteiger partial charge in [-0.3, -0.25) is 0 Å². The number of hydrogen-bond donors (Lipinski definition) is 0. The molecular formula is C21H28ClNO2S. The van der Waals surface area contributed by atoms with Crippen molar-refractivity contribution in [3.05, 3.63) is 71.8 Å². The molecule has 0 aromatic heterocycles. The molecular weight excluding hydrogens is 366 g/mol. The van der Waals surface area contributed by atoms with Crippen LogP contribution in [0.15, 0.2) is 60.7 Å². The van der Waals surface area contributed by atoms with E-state index < -0.39 is 15.1 Å². The first-order chi connectivity index (χ1) is 12.2. The number of halogens is 1. The van der Waals surface area contributed by atoms with Gasteiger partial charge in [0.05, 0.1) is 5.75 Å². The molecule has 2 aromatic carbocycles. The van der Waals surface area contributed by atoms with Gasteiger partial charge >= 0.3 is 0 Å². The zero-order valence-electron chi connectivity index (χ0n) is 15.1. The molecule has 2 aromatic rings. The fraction of sp³-hybridized carbons (Fsp3) is 0.429. The maximum Gasteiger partial charge on any atom is 0.161 e. The molecule has 1 heterocycles. The second-order valence-electron chi connectivity index (χ2n) is 6.82. The van der Waals surface area contributed by atoms with Crippen molar-refractivity contribution in [3.63, 3.8) is 0 Å². The van der Waals surface area contributed by atoms with Gasteiger partial charge in [0.25, 0.3) is 0 Å². The smallest absolute Gasteiger partial charge is 0.161 e. The summed E-state index contributed by atoms with van der Waals surface area (Å²) in [6, 6.07) is 19.2. The third kappa shape index (κ3) is 5.57. The summed E-state index contributed by atoms with van der Waals surface area (Å²) in [7, 11) is -3.26. The predicted octanol–water partition coefficient (Wildman–Crippen LogP) is 4.49. The first-order valence-corrected chi connectivity index (χ1v) is 10.9. The van der Waals surface area contributed by atoms with Crippen molar-refractivity contribution in [1.29, 1.82) is 0 Å². The average molecular weight is 394 g/mol. The third-order valence-electron chi connectivity index (χ3n) is 4.92. The molecule has 26 heavy (non-hydrogen) atoms. The van der Waals surface area contributed by atoms with Gasteiger partial charge in [0.15, 0.2) is 9.84 Å². The third-order valence-corrected chi connectivity index (χ3v) is 7.04. The van der Waals surface area contributed by atoms with Gasteiger partial charge in [-0.2, -0.15) is 0 Å². The molecule has 1 fully saturated rings. The quantitative estimate of drug-likeness (QED) is 0.695. The van der Waals surface area contributed by atoms with Gasteiger partial charge in [-0.05, 0) is 50.0 Å². The van der Waals surface area contributed by atoms with E-state index in [1.807, 2.05) is 60.7 Å². The maximum absolute atomic E-state index is 13.2. The second kappa shape index (κ2) is 10.1. The highest BCUT2D eigenvalue weighted by atomic mass is 35.5. The van der Waals surface area contributed by atoms with Gasteiger partial charge in [0.1, 0.15) is 5.25 Å². The summed E-state index contributed by atoms with van der Waals surface area (Å²) in [6.07, 6.45) is 4.49. The molecule has 142 valence electrons. The minimum atomic E-state index is -3.26. The Balaban J connectivity index is 0.00000243.